The van der Waals surface area contributed by atoms with Crippen molar-refractivity contribution in [3.8, 4) is 0 Å². The van der Waals surface area contributed by atoms with Gasteiger partial charge >= 0.3 is 0 Å². The molecule has 0 aliphatic carbocycles. The lowest BCUT2D eigenvalue weighted by Gasteiger charge is -2.26. The first-order valence-electron chi connectivity index (χ1n) is 7.91. The molecule has 0 fully saturated rings. The molecule has 0 spiro atoms. The van der Waals surface area contributed by atoms with Crippen LogP contribution < -0.4 is 4.90 Å². The third kappa shape index (κ3) is 2.99. The van der Waals surface area contributed by atoms with Crippen molar-refractivity contribution in [2.45, 2.75) is 32.9 Å². The summed E-state index contributed by atoms with van der Waals surface area (Å²) in [5, 5.41) is 10.4. The van der Waals surface area contributed by atoms with Crippen LogP contribution in [0.25, 0.3) is 0 Å². The van der Waals surface area contributed by atoms with Crippen LogP contribution in [0.2, 0.25) is 0 Å². The molecule has 0 saturated carbocycles. The van der Waals surface area contributed by atoms with E-state index in [1.807, 2.05) is 13.3 Å². The van der Waals surface area contributed by atoms with Crippen LogP contribution in [0, 0.1) is 6.92 Å². The molecule has 118 valence electrons. The van der Waals surface area contributed by atoms with Gasteiger partial charge in [-0.1, -0.05) is 41.7 Å². The molecule has 5 nitrogen and oxygen atoms in total. The van der Waals surface area contributed by atoms with Crippen molar-refractivity contribution >= 4 is 16.5 Å². The number of rotatable bonds is 4. The molecule has 0 atom stereocenters. The Hall–Kier alpha value is -2.21. The minimum absolute atomic E-state index is 0.836. The Balaban J connectivity index is 1.46. The van der Waals surface area contributed by atoms with Crippen molar-refractivity contribution < 1.29 is 0 Å². The van der Waals surface area contributed by atoms with Crippen LogP contribution in [-0.4, -0.2) is 26.3 Å². The first-order valence-corrected chi connectivity index (χ1v) is 8.73. The summed E-state index contributed by atoms with van der Waals surface area (Å²) in [4.78, 5) is 6.91. The van der Waals surface area contributed by atoms with E-state index in [4.69, 9.17) is 0 Å². The monoisotopic (exact) mass is 325 g/mol. The van der Waals surface area contributed by atoms with Gasteiger partial charge in [0.1, 0.15) is 5.01 Å². The minimum atomic E-state index is 0.836. The van der Waals surface area contributed by atoms with Crippen molar-refractivity contribution in [1.82, 2.24) is 19.7 Å². The predicted octanol–water partition coefficient (Wildman–Crippen LogP) is 2.85. The SMILES string of the molecule is Cc1nnc(N2CCc3c(ncn3CCc3ccccc3)C2)s1. The molecule has 1 aliphatic heterocycles. The fraction of sp³-hybridized carbons (Fsp3) is 0.353. The molecule has 4 rings (SSSR count). The average Bonchev–Trinajstić information content (AvgIpc) is 3.19. The fourth-order valence-corrected chi connectivity index (χ4v) is 3.75. The van der Waals surface area contributed by atoms with Gasteiger partial charge in [0.15, 0.2) is 0 Å². The first kappa shape index (κ1) is 14.4. The summed E-state index contributed by atoms with van der Waals surface area (Å²) < 4.78 is 2.31. The van der Waals surface area contributed by atoms with Gasteiger partial charge in [-0.15, -0.1) is 10.2 Å². The molecular weight excluding hydrogens is 306 g/mol. The van der Waals surface area contributed by atoms with E-state index in [9.17, 15) is 0 Å². The number of anilines is 1. The number of nitrogens with zero attached hydrogens (tertiary/aromatic N) is 5. The normalized spacial score (nSPS) is 14.0. The Morgan fingerprint density at radius 2 is 2.04 bits per heavy atom. The van der Waals surface area contributed by atoms with E-state index >= 15 is 0 Å². The van der Waals surface area contributed by atoms with Gasteiger partial charge in [-0.05, 0) is 18.9 Å². The largest absolute Gasteiger partial charge is 0.340 e. The molecule has 0 saturated heterocycles. The number of fused-ring (bicyclic) bond motifs is 1. The Kier molecular flexibility index (Phi) is 3.83. The maximum Gasteiger partial charge on any atom is 0.208 e. The molecule has 0 unspecified atom stereocenters. The number of aromatic nitrogens is 4. The number of hydrogen-bond donors (Lipinski definition) is 0. The highest BCUT2D eigenvalue weighted by Crippen LogP contribution is 2.26. The Labute approximate surface area is 139 Å². The van der Waals surface area contributed by atoms with Crippen LogP contribution in [0.15, 0.2) is 36.7 Å². The molecular formula is C17H19N5S. The molecule has 3 heterocycles. The van der Waals surface area contributed by atoms with Gasteiger partial charge in [0.25, 0.3) is 0 Å². The molecule has 2 aromatic heterocycles. The number of imidazole rings is 1. The number of benzene rings is 1. The Morgan fingerprint density at radius 1 is 1.17 bits per heavy atom. The van der Waals surface area contributed by atoms with Crippen LogP contribution in [0.4, 0.5) is 5.13 Å². The van der Waals surface area contributed by atoms with E-state index in [2.05, 4.69) is 55.0 Å². The van der Waals surface area contributed by atoms with Crippen LogP contribution in [0.1, 0.15) is 22.0 Å². The molecule has 3 aromatic rings. The van der Waals surface area contributed by atoms with Gasteiger partial charge in [0.2, 0.25) is 5.13 Å². The van der Waals surface area contributed by atoms with Gasteiger partial charge in [-0.2, -0.15) is 0 Å². The summed E-state index contributed by atoms with van der Waals surface area (Å²) in [5.41, 5.74) is 3.92. The quantitative estimate of drug-likeness (QED) is 0.740. The van der Waals surface area contributed by atoms with Gasteiger partial charge in [0, 0.05) is 25.2 Å². The summed E-state index contributed by atoms with van der Waals surface area (Å²) in [5.74, 6) is 0. The summed E-state index contributed by atoms with van der Waals surface area (Å²) >= 11 is 1.65. The molecule has 23 heavy (non-hydrogen) atoms. The lowest BCUT2D eigenvalue weighted by atomic mass is 10.1. The van der Waals surface area contributed by atoms with Crippen molar-refractivity contribution in [3.63, 3.8) is 0 Å². The van der Waals surface area contributed by atoms with Crippen molar-refractivity contribution in [2.75, 3.05) is 11.4 Å². The van der Waals surface area contributed by atoms with E-state index in [-0.39, 0.29) is 0 Å². The molecule has 0 amide bonds. The van der Waals surface area contributed by atoms with Crippen molar-refractivity contribution in [1.29, 1.82) is 0 Å². The summed E-state index contributed by atoms with van der Waals surface area (Å²) in [6, 6.07) is 10.6. The van der Waals surface area contributed by atoms with Crippen LogP contribution in [0.5, 0.6) is 0 Å². The van der Waals surface area contributed by atoms with Gasteiger partial charge in [-0.25, -0.2) is 4.98 Å². The topological polar surface area (TPSA) is 46.8 Å². The third-order valence-corrected chi connectivity index (χ3v) is 5.16. The molecule has 0 radical (unpaired) electrons. The van der Waals surface area contributed by atoms with E-state index in [0.717, 1.165) is 42.6 Å². The minimum Gasteiger partial charge on any atom is -0.340 e. The van der Waals surface area contributed by atoms with Gasteiger partial charge < -0.3 is 9.47 Å². The number of aryl methyl sites for hydroxylation is 3. The van der Waals surface area contributed by atoms with Crippen molar-refractivity contribution in [2.24, 2.45) is 0 Å². The standard InChI is InChI=1S/C17H19N5S/c1-13-19-20-17(23-13)21-10-8-16-15(11-21)18-12-22(16)9-7-14-5-3-2-4-6-14/h2-6,12H,7-11H2,1H3. The fourth-order valence-electron chi connectivity index (χ4n) is 3.03. The third-order valence-electron chi connectivity index (χ3n) is 4.26. The van der Waals surface area contributed by atoms with Gasteiger partial charge in [-0.3, -0.25) is 0 Å². The zero-order chi connectivity index (χ0) is 15.6. The lowest BCUT2D eigenvalue weighted by Crippen LogP contribution is -2.31. The zero-order valence-electron chi connectivity index (χ0n) is 13.1. The molecule has 1 aliphatic rings. The smallest absolute Gasteiger partial charge is 0.208 e. The van der Waals surface area contributed by atoms with E-state index in [1.165, 1.54) is 17.0 Å². The molecule has 1 aromatic carbocycles. The van der Waals surface area contributed by atoms with E-state index in [1.54, 1.807) is 11.3 Å². The van der Waals surface area contributed by atoms with Gasteiger partial charge in [0.05, 0.1) is 18.6 Å². The van der Waals surface area contributed by atoms with E-state index < -0.39 is 0 Å². The molecule has 0 N–H and O–H groups in total. The summed E-state index contributed by atoms with van der Waals surface area (Å²) in [6.45, 7) is 4.81. The van der Waals surface area contributed by atoms with E-state index in [0.29, 0.717) is 0 Å². The second-order valence-corrected chi connectivity index (χ2v) is 7.00. The second kappa shape index (κ2) is 6.12. The Bertz CT molecular complexity index is 792. The summed E-state index contributed by atoms with van der Waals surface area (Å²) in [6.07, 6.45) is 4.05. The van der Waals surface area contributed by atoms with Crippen LogP contribution in [0.3, 0.4) is 0 Å². The molecule has 0 bridgehead atoms. The van der Waals surface area contributed by atoms with Crippen molar-refractivity contribution in [3.05, 3.63) is 58.6 Å². The summed E-state index contributed by atoms with van der Waals surface area (Å²) in [7, 11) is 0. The maximum absolute atomic E-state index is 4.63. The average molecular weight is 325 g/mol. The van der Waals surface area contributed by atoms with Crippen LogP contribution in [-0.2, 0) is 25.9 Å². The zero-order valence-corrected chi connectivity index (χ0v) is 14.0. The highest BCUT2D eigenvalue weighted by molar-refractivity contribution is 7.15. The number of hydrogen-bond acceptors (Lipinski definition) is 5. The maximum atomic E-state index is 4.63. The lowest BCUT2D eigenvalue weighted by molar-refractivity contribution is 0.623. The highest BCUT2D eigenvalue weighted by Gasteiger charge is 2.23. The highest BCUT2D eigenvalue weighted by atomic mass is 32.1. The van der Waals surface area contributed by atoms with Crippen LogP contribution >= 0.6 is 11.3 Å². The first-order chi connectivity index (χ1) is 11.3. The predicted molar refractivity (Wildman–Crippen MR) is 91.8 cm³/mol. The molecule has 6 heteroatoms. The Morgan fingerprint density at radius 3 is 2.83 bits per heavy atom. The second-order valence-electron chi connectivity index (χ2n) is 5.84.